The number of rotatable bonds is 3. The highest BCUT2D eigenvalue weighted by atomic mass is 16.5. The molecule has 1 saturated heterocycles. The second-order valence-electron chi connectivity index (χ2n) is 8.81. The summed E-state index contributed by atoms with van der Waals surface area (Å²) in [6.07, 6.45) is 0.153. The summed E-state index contributed by atoms with van der Waals surface area (Å²) in [6.45, 7) is 4.36. The van der Waals surface area contributed by atoms with Gasteiger partial charge in [0.15, 0.2) is 5.75 Å². The number of carbonyl (C=O) groups excluding carboxylic acids is 3. The molecule has 0 spiro atoms. The fourth-order valence-electron chi connectivity index (χ4n) is 4.35. The van der Waals surface area contributed by atoms with Crippen LogP contribution in [0.15, 0.2) is 60.7 Å². The first-order valence-electron chi connectivity index (χ1n) is 11.2. The number of hydrogen-bond donors (Lipinski definition) is 1. The molecule has 2 aliphatic heterocycles. The molecule has 2 aliphatic rings. The highest BCUT2D eigenvalue weighted by Gasteiger charge is 2.35. The van der Waals surface area contributed by atoms with E-state index < -0.39 is 5.92 Å². The van der Waals surface area contributed by atoms with Gasteiger partial charge in [-0.25, -0.2) is 0 Å². The Bertz CT molecular complexity index is 1330. The van der Waals surface area contributed by atoms with E-state index in [1.54, 1.807) is 48.3 Å². The van der Waals surface area contributed by atoms with E-state index in [0.29, 0.717) is 35.0 Å². The minimum atomic E-state index is -0.465. The first-order chi connectivity index (χ1) is 16.3. The normalized spacial score (nSPS) is 17.1. The van der Waals surface area contributed by atoms with Crippen molar-refractivity contribution < 1.29 is 19.1 Å². The summed E-state index contributed by atoms with van der Waals surface area (Å²) in [5, 5.41) is 2.91. The van der Waals surface area contributed by atoms with Crippen molar-refractivity contribution in [2.24, 2.45) is 5.92 Å². The molecule has 1 N–H and O–H groups in total. The number of anilines is 3. The molecule has 7 nitrogen and oxygen atoms in total. The highest BCUT2D eigenvalue weighted by Crippen LogP contribution is 2.40. The van der Waals surface area contributed by atoms with Crippen molar-refractivity contribution in [2.75, 3.05) is 28.7 Å². The number of amides is 3. The van der Waals surface area contributed by atoms with E-state index in [0.717, 1.165) is 16.8 Å². The van der Waals surface area contributed by atoms with E-state index in [1.165, 1.54) is 4.90 Å². The zero-order valence-corrected chi connectivity index (χ0v) is 19.3. The molecule has 0 saturated carbocycles. The van der Waals surface area contributed by atoms with Crippen LogP contribution < -0.4 is 19.9 Å². The molecule has 3 amide bonds. The van der Waals surface area contributed by atoms with Crippen molar-refractivity contribution >= 4 is 34.8 Å². The van der Waals surface area contributed by atoms with Crippen LogP contribution in [0, 0.1) is 19.8 Å². The van der Waals surface area contributed by atoms with Crippen LogP contribution in [0.2, 0.25) is 0 Å². The summed E-state index contributed by atoms with van der Waals surface area (Å²) in [5.74, 6) is 0.0610. The predicted molar refractivity (Wildman–Crippen MR) is 131 cm³/mol. The van der Waals surface area contributed by atoms with Crippen molar-refractivity contribution in [3.8, 4) is 11.5 Å². The van der Waals surface area contributed by atoms with Crippen LogP contribution in [0.4, 0.5) is 17.1 Å². The Labute approximate surface area is 197 Å². The maximum Gasteiger partial charge on any atom is 0.261 e. The van der Waals surface area contributed by atoms with Crippen molar-refractivity contribution in [2.45, 2.75) is 20.3 Å². The summed E-state index contributed by atoms with van der Waals surface area (Å²) < 4.78 is 5.97. The Morgan fingerprint density at radius 3 is 2.56 bits per heavy atom. The number of nitrogens with zero attached hydrogens (tertiary/aromatic N) is 2. The predicted octanol–water partition coefficient (Wildman–Crippen LogP) is 4.68. The average molecular weight is 456 g/mol. The number of fused-ring (bicyclic) bond motifs is 2. The molecule has 5 rings (SSSR count). The molecule has 0 radical (unpaired) electrons. The summed E-state index contributed by atoms with van der Waals surface area (Å²) in [6, 6.07) is 18.1. The molecule has 7 heteroatoms. The van der Waals surface area contributed by atoms with E-state index in [2.05, 4.69) is 5.32 Å². The van der Waals surface area contributed by atoms with Crippen LogP contribution >= 0.6 is 0 Å². The Balaban J connectivity index is 1.34. The third kappa shape index (κ3) is 3.79. The Hall–Kier alpha value is -4.13. The van der Waals surface area contributed by atoms with Gasteiger partial charge in [0.05, 0.1) is 17.2 Å². The fraction of sp³-hybridized carbons (Fsp3) is 0.222. The van der Waals surface area contributed by atoms with Gasteiger partial charge in [-0.05, 0) is 67.4 Å². The summed E-state index contributed by atoms with van der Waals surface area (Å²) >= 11 is 0. The molecule has 3 aromatic carbocycles. The van der Waals surface area contributed by atoms with Gasteiger partial charge in [-0.3, -0.25) is 14.4 Å². The first-order valence-corrected chi connectivity index (χ1v) is 11.2. The Kier molecular flexibility index (Phi) is 5.32. The van der Waals surface area contributed by atoms with E-state index >= 15 is 0 Å². The molecular formula is C27H25N3O4. The quantitative estimate of drug-likeness (QED) is 0.622. The third-order valence-corrected chi connectivity index (χ3v) is 6.53. The minimum absolute atomic E-state index is 0.0678. The molecule has 1 atom stereocenters. The van der Waals surface area contributed by atoms with E-state index in [1.807, 2.05) is 38.1 Å². The van der Waals surface area contributed by atoms with Gasteiger partial charge in [0, 0.05) is 31.4 Å². The third-order valence-electron chi connectivity index (χ3n) is 6.53. The van der Waals surface area contributed by atoms with E-state index in [9.17, 15) is 14.4 Å². The summed E-state index contributed by atoms with van der Waals surface area (Å²) in [4.78, 5) is 41.7. The molecule has 0 unspecified atom stereocenters. The van der Waals surface area contributed by atoms with Crippen LogP contribution in [0.1, 0.15) is 27.9 Å². The van der Waals surface area contributed by atoms with Crippen LogP contribution in [-0.2, 0) is 9.59 Å². The minimum Gasteiger partial charge on any atom is -0.454 e. The lowest BCUT2D eigenvalue weighted by atomic mass is 10.1. The van der Waals surface area contributed by atoms with Gasteiger partial charge >= 0.3 is 0 Å². The molecular weight excluding hydrogens is 430 g/mol. The maximum atomic E-state index is 13.0. The summed E-state index contributed by atoms with van der Waals surface area (Å²) in [5.41, 5.74) is 4.64. The highest BCUT2D eigenvalue weighted by molar-refractivity contribution is 6.10. The molecule has 172 valence electrons. The molecule has 0 aliphatic carbocycles. The average Bonchev–Trinajstić information content (AvgIpc) is 3.18. The molecule has 3 aromatic rings. The van der Waals surface area contributed by atoms with Gasteiger partial charge in [-0.15, -0.1) is 0 Å². The smallest absolute Gasteiger partial charge is 0.261 e. The van der Waals surface area contributed by atoms with Gasteiger partial charge in [-0.1, -0.05) is 18.2 Å². The van der Waals surface area contributed by atoms with Crippen molar-refractivity contribution in [1.82, 2.24) is 0 Å². The maximum absolute atomic E-state index is 13.0. The largest absolute Gasteiger partial charge is 0.454 e. The van der Waals surface area contributed by atoms with Gasteiger partial charge in [0.2, 0.25) is 11.8 Å². The van der Waals surface area contributed by atoms with Crippen LogP contribution in [0.3, 0.4) is 0 Å². The number of para-hydroxylation sites is 1. The molecule has 1 fully saturated rings. The van der Waals surface area contributed by atoms with Gasteiger partial charge in [0.25, 0.3) is 5.91 Å². The van der Waals surface area contributed by atoms with Gasteiger partial charge in [-0.2, -0.15) is 0 Å². The van der Waals surface area contributed by atoms with Crippen molar-refractivity contribution in [3.05, 3.63) is 77.4 Å². The number of benzene rings is 3. The lowest BCUT2D eigenvalue weighted by Gasteiger charge is -2.19. The lowest BCUT2D eigenvalue weighted by Crippen LogP contribution is -2.28. The van der Waals surface area contributed by atoms with Crippen LogP contribution in [-0.4, -0.2) is 31.3 Å². The topological polar surface area (TPSA) is 79.0 Å². The number of aryl methyl sites for hydroxylation is 2. The monoisotopic (exact) mass is 455 g/mol. The van der Waals surface area contributed by atoms with Crippen molar-refractivity contribution in [1.29, 1.82) is 0 Å². The SMILES string of the molecule is Cc1ccc(N2C[C@@H](C(=O)Nc3ccc4c(c3)N(C)C(=O)c3ccccc3O4)CC2=O)cc1C. The fourth-order valence-corrected chi connectivity index (χ4v) is 4.35. The first kappa shape index (κ1) is 21.7. The zero-order chi connectivity index (χ0) is 24.0. The number of hydrogen-bond acceptors (Lipinski definition) is 4. The van der Waals surface area contributed by atoms with Crippen LogP contribution in [0.5, 0.6) is 11.5 Å². The Morgan fingerprint density at radius 1 is 0.971 bits per heavy atom. The molecule has 2 heterocycles. The number of carbonyl (C=O) groups is 3. The molecule has 0 bridgehead atoms. The molecule has 34 heavy (non-hydrogen) atoms. The zero-order valence-electron chi connectivity index (χ0n) is 19.3. The molecule has 0 aromatic heterocycles. The lowest BCUT2D eigenvalue weighted by molar-refractivity contribution is -0.122. The van der Waals surface area contributed by atoms with E-state index in [4.69, 9.17) is 4.74 Å². The standard InChI is InChI=1S/C27H25N3O4/c1-16-8-10-20(12-17(16)2)30-15-18(13-25(30)31)26(32)28-19-9-11-24-22(14-19)29(3)27(33)21-6-4-5-7-23(21)34-24/h4-12,14,18H,13,15H2,1-3H3,(H,28,32)/t18-/m0/s1. The van der Waals surface area contributed by atoms with Gasteiger partial charge in [0.1, 0.15) is 5.75 Å². The van der Waals surface area contributed by atoms with Crippen molar-refractivity contribution in [3.63, 3.8) is 0 Å². The second-order valence-corrected chi connectivity index (χ2v) is 8.81. The van der Waals surface area contributed by atoms with E-state index in [-0.39, 0.29) is 24.1 Å². The van der Waals surface area contributed by atoms with Crippen LogP contribution in [0.25, 0.3) is 0 Å². The summed E-state index contributed by atoms with van der Waals surface area (Å²) in [7, 11) is 1.68. The number of nitrogens with one attached hydrogen (secondary N) is 1. The second kappa shape index (κ2) is 8.33. The number of ether oxygens (including phenoxy) is 1. The Morgan fingerprint density at radius 2 is 1.76 bits per heavy atom. The van der Waals surface area contributed by atoms with Gasteiger partial charge < -0.3 is 19.9 Å².